The van der Waals surface area contributed by atoms with Crippen LogP contribution in [0.1, 0.15) is 62.3 Å². The summed E-state index contributed by atoms with van der Waals surface area (Å²) in [6.45, 7) is 20.5. The second-order valence-electron chi connectivity index (χ2n) is 9.85. The third-order valence-electron chi connectivity index (χ3n) is 5.67. The molecule has 0 aliphatic heterocycles. The predicted molar refractivity (Wildman–Crippen MR) is 112 cm³/mol. The summed E-state index contributed by atoms with van der Waals surface area (Å²) in [5.74, 6) is -0.890. The van der Waals surface area contributed by atoms with Crippen molar-refractivity contribution in [2.75, 3.05) is 0 Å². The molecule has 0 bridgehead atoms. The molecular weight excluding hydrogens is 360 g/mol. The zero-order chi connectivity index (χ0) is 20.6. The Hall–Kier alpha value is -1.41. The maximum Gasteiger partial charge on any atom is 0.325 e. The molecule has 0 unspecified atom stereocenters. The fraction of sp³-hybridized carbons (Fsp3) is 0.600. The van der Waals surface area contributed by atoms with Crippen molar-refractivity contribution in [3.05, 3.63) is 35.4 Å². The van der Waals surface area contributed by atoms with Crippen LogP contribution in [0, 0.1) is 0 Å². The molecule has 0 atom stereocenters. The molecule has 0 N–H and O–H groups in total. The minimum atomic E-state index is -2.28. The summed E-state index contributed by atoms with van der Waals surface area (Å²) >= 11 is 0. The molecule has 0 radical (unpaired) electrons. The Labute approximate surface area is 160 Å². The Kier molecular flexibility index (Phi) is 6.36. The largest absolute Gasteiger partial charge is 0.516 e. The van der Waals surface area contributed by atoms with E-state index >= 15 is 0 Å². The molecule has 4 nitrogen and oxygen atoms in total. The van der Waals surface area contributed by atoms with E-state index in [1.54, 1.807) is 24.3 Å². The highest BCUT2D eigenvalue weighted by Gasteiger charge is 2.43. The number of carbonyl (C=O) groups excluding carboxylic acids is 2. The number of carbonyl (C=O) groups is 2. The molecular formula is C20H34O4Si2. The van der Waals surface area contributed by atoms with E-state index < -0.39 is 28.6 Å². The Morgan fingerprint density at radius 2 is 0.962 bits per heavy atom. The van der Waals surface area contributed by atoms with E-state index in [-0.39, 0.29) is 21.2 Å². The van der Waals surface area contributed by atoms with Gasteiger partial charge in [-0.05, 0) is 48.4 Å². The van der Waals surface area contributed by atoms with Crippen LogP contribution in [-0.2, 0) is 8.85 Å². The van der Waals surface area contributed by atoms with E-state index in [4.69, 9.17) is 8.85 Å². The van der Waals surface area contributed by atoms with Crippen molar-refractivity contribution in [2.24, 2.45) is 0 Å². The molecule has 6 heteroatoms. The first-order chi connectivity index (χ1) is 11.5. The minimum absolute atomic E-state index is 0.0980. The number of rotatable bonds is 4. The lowest BCUT2D eigenvalue weighted by molar-refractivity contribution is 0.0668. The second kappa shape index (κ2) is 7.31. The summed E-state index contributed by atoms with van der Waals surface area (Å²) in [7, 11) is -4.56. The lowest BCUT2D eigenvalue weighted by Crippen LogP contribution is -2.44. The number of hydrogen-bond acceptors (Lipinski definition) is 4. The van der Waals surface area contributed by atoms with Crippen LogP contribution >= 0.6 is 0 Å². The molecule has 0 heterocycles. The summed E-state index contributed by atoms with van der Waals surface area (Å²) in [5, 5.41) is -0.196. The zero-order valence-electron chi connectivity index (χ0n) is 17.9. The van der Waals surface area contributed by atoms with Gasteiger partial charge in [-0.25, -0.2) is 9.59 Å². The third kappa shape index (κ3) is 5.07. The average Bonchev–Trinajstić information content (AvgIpc) is 2.43. The van der Waals surface area contributed by atoms with Crippen LogP contribution in [0.4, 0.5) is 0 Å². The van der Waals surface area contributed by atoms with Crippen LogP contribution in [0.3, 0.4) is 0 Å². The maximum atomic E-state index is 12.8. The summed E-state index contributed by atoms with van der Waals surface area (Å²) < 4.78 is 11.8. The van der Waals surface area contributed by atoms with Gasteiger partial charge in [0.1, 0.15) is 0 Å². The molecule has 0 spiro atoms. The van der Waals surface area contributed by atoms with Crippen molar-refractivity contribution in [1.82, 2.24) is 0 Å². The molecule has 0 saturated carbocycles. The van der Waals surface area contributed by atoms with Crippen molar-refractivity contribution in [3.8, 4) is 0 Å². The first kappa shape index (κ1) is 22.6. The minimum Gasteiger partial charge on any atom is -0.516 e. The van der Waals surface area contributed by atoms with E-state index in [1.807, 2.05) is 26.2 Å². The van der Waals surface area contributed by atoms with Gasteiger partial charge in [-0.1, -0.05) is 53.7 Å². The lowest BCUT2D eigenvalue weighted by atomic mass is 10.1. The van der Waals surface area contributed by atoms with Crippen molar-refractivity contribution in [1.29, 1.82) is 0 Å². The fourth-order valence-corrected chi connectivity index (χ4v) is 3.48. The summed E-state index contributed by atoms with van der Waals surface area (Å²) in [6, 6.07) is 6.76. The zero-order valence-corrected chi connectivity index (χ0v) is 19.9. The summed E-state index contributed by atoms with van der Waals surface area (Å²) in [6.07, 6.45) is 0. The SMILES string of the molecule is CC(C)(C)[Si](C)(C)OC(=O)c1ccccc1C(=O)O[Si](C)(C)C(C)(C)C. The molecule has 146 valence electrons. The Balaban J connectivity index is 3.16. The molecule has 0 aromatic heterocycles. The monoisotopic (exact) mass is 394 g/mol. The molecule has 1 aromatic rings. The van der Waals surface area contributed by atoms with Crippen molar-refractivity contribution >= 4 is 28.6 Å². The fourth-order valence-electron chi connectivity index (χ4n) is 1.72. The highest BCUT2D eigenvalue weighted by atomic mass is 28.4. The normalized spacial score (nSPS) is 13.3. The number of benzene rings is 1. The molecule has 0 saturated heterocycles. The van der Waals surface area contributed by atoms with Crippen LogP contribution in [0.5, 0.6) is 0 Å². The Morgan fingerprint density at radius 3 is 1.19 bits per heavy atom. The van der Waals surface area contributed by atoms with Gasteiger partial charge in [-0.15, -0.1) is 0 Å². The van der Waals surface area contributed by atoms with Crippen molar-refractivity contribution in [3.63, 3.8) is 0 Å². The van der Waals surface area contributed by atoms with E-state index in [1.165, 1.54) is 0 Å². The van der Waals surface area contributed by atoms with E-state index in [0.717, 1.165) is 0 Å². The quantitative estimate of drug-likeness (QED) is 0.587. The van der Waals surface area contributed by atoms with Gasteiger partial charge in [0, 0.05) is 0 Å². The van der Waals surface area contributed by atoms with Gasteiger partial charge in [-0.3, -0.25) is 0 Å². The summed E-state index contributed by atoms with van der Waals surface area (Å²) in [5.41, 5.74) is 0.557. The van der Waals surface area contributed by atoms with E-state index in [9.17, 15) is 9.59 Å². The average molecular weight is 395 g/mol. The third-order valence-corrected chi connectivity index (χ3v) is 14.3. The molecule has 26 heavy (non-hydrogen) atoms. The predicted octanol–water partition coefficient (Wildman–Crippen LogP) is 6.01. The summed E-state index contributed by atoms with van der Waals surface area (Å²) in [4.78, 5) is 25.6. The van der Waals surface area contributed by atoms with Gasteiger partial charge in [0.15, 0.2) is 0 Å². The standard InChI is InChI=1S/C20H34O4Si2/c1-19(2,3)25(7,8)23-17(21)15-13-11-12-14-16(15)18(22)24-26(9,10)20(4,5)6/h11-14H,1-10H3. The van der Waals surface area contributed by atoms with Crippen molar-refractivity contribution in [2.45, 2.75) is 77.8 Å². The van der Waals surface area contributed by atoms with E-state index in [0.29, 0.717) is 0 Å². The first-order valence-electron chi connectivity index (χ1n) is 9.05. The molecule has 0 fully saturated rings. The first-order valence-corrected chi connectivity index (χ1v) is 14.9. The van der Waals surface area contributed by atoms with Gasteiger partial charge in [0.05, 0.1) is 11.1 Å². The lowest BCUT2D eigenvalue weighted by Gasteiger charge is -2.36. The van der Waals surface area contributed by atoms with Crippen LogP contribution < -0.4 is 0 Å². The van der Waals surface area contributed by atoms with Gasteiger partial charge in [0.2, 0.25) is 0 Å². The van der Waals surface area contributed by atoms with Crippen LogP contribution in [0.2, 0.25) is 36.3 Å². The van der Waals surface area contributed by atoms with Gasteiger partial charge >= 0.3 is 11.9 Å². The van der Waals surface area contributed by atoms with Gasteiger partial charge in [-0.2, -0.15) is 0 Å². The van der Waals surface area contributed by atoms with Crippen LogP contribution in [0.25, 0.3) is 0 Å². The van der Waals surface area contributed by atoms with Crippen LogP contribution in [0.15, 0.2) is 24.3 Å². The molecule has 1 rings (SSSR count). The highest BCUT2D eigenvalue weighted by Crippen LogP contribution is 2.38. The highest BCUT2D eigenvalue weighted by molar-refractivity contribution is 6.76. The topological polar surface area (TPSA) is 52.6 Å². The van der Waals surface area contributed by atoms with Crippen LogP contribution in [-0.4, -0.2) is 28.6 Å². The molecule has 0 amide bonds. The van der Waals surface area contributed by atoms with E-state index in [2.05, 4.69) is 41.5 Å². The molecule has 0 aliphatic rings. The molecule has 0 aliphatic carbocycles. The maximum absolute atomic E-state index is 12.8. The number of hydrogen-bond donors (Lipinski definition) is 0. The van der Waals surface area contributed by atoms with Gasteiger partial charge < -0.3 is 8.85 Å². The Bertz CT molecular complexity index is 621. The smallest absolute Gasteiger partial charge is 0.325 e. The Morgan fingerprint density at radius 1 is 0.692 bits per heavy atom. The van der Waals surface area contributed by atoms with Gasteiger partial charge in [0.25, 0.3) is 16.6 Å². The molecule has 1 aromatic carbocycles. The van der Waals surface area contributed by atoms with Crippen molar-refractivity contribution < 1.29 is 18.4 Å². The second-order valence-corrected chi connectivity index (χ2v) is 19.3.